The van der Waals surface area contributed by atoms with E-state index < -0.39 is 0 Å². The Hall–Kier alpha value is -1.84. The standard InChI is InChI=1S/C11H13N3O/c1-8-11(15)13-12-10(14(8)2)9-6-4-3-5-7-9/h3-8H,1-2H3,(H,13,15)/t8-/m0/s1. The van der Waals surface area contributed by atoms with Crippen LogP contribution in [0.15, 0.2) is 35.4 Å². The van der Waals surface area contributed by atoms with Gasteiger partial charge in [-0.25, -0.2) is 5.43 Å². The SMILES string of the molecule is C[C@H]1C(=O)NN=C(c2ccccc2)N1C. The first-order valence-corrected chi connectivity index (χ1v) is 4.86. The summed E-state index contributed by atoms with van der Waals surface area (Å²) in [6, 6.07) is 9.62. The van der Waals surface area contributed by atoms with Gasteiger partial charge in [-0.2, -0.15) is 5.10 Å². The number of hydrazone groups is 1. The Morgan fingerprint density at radius 2 is 2.00 bits per heavy atom. The van der Waals surface area contributed by atoms with Gasteiger partial charge in [-0.1, -0.05) is 30.3 Å². The van der Waals surface area contributed by atoms with Gasteiger partial charge in [0.25, 0.3) is 5.91 Å². The normalized spacial score (nSPS) is 20.9. The molecule has 1 amide bonds. The van der Waals surface area contributed by atoms with Crippen LogP contribution < -0.4 is 5.43 Å². The molecule has 4 heteroatoms. The van der Waals surface area contributed by atoms with Gasteiger partial charge >= 0.3 is 0 Å². The van der Waals surface area contributed by atoms with Crippen molar-refractivity contribution in [3.05, 3.63) is 35.9 Å². The molecule has 1 atom stereocenters. The molecule has 0 aliphatic carbocycles. The summed E-state index contributed by atoms with van der Waals surface area (Å²) in [5.74, 6) is 0.722. The van der Waals surface area contributed by atoms with Crippen molar-refractivity contribution in [1.82, 2.24) is 10.3 Å². The van der Waals surface area contributed by atoms with Crippen LogP contribution in [-0.2, 0) is 4.79 Å². The molecule has 1 heterocycles. The highest BCUT2D eigenvalue weighted by atomic mass is 16.2. The van der Waals surface area contributed by atoms with Gasteiger partial charge in [0, 0.05) is 12.6 Å². The summed E-state index contributed by atoms with van der Waals surface area (Å²) in [5.41, 5.74) is 3.52. The van der Waals surface area contributed by atoms with Crippen molar-refractivity contribution in [3.8, 4) is 0 Å². The van der Waals surface area contributed by atoms with Crippen molar-refractivity contribution in [2.75, 3.05) is 7.05 Å². The number of benzene rings is 1. The van der Waals surface area contributed by atoms with Gasteiger partial charge in [0.15, 0.2) is 5.84 Å². The summed E-state index contributed by atoms with van der Waals surface area (Å²) in [6.45, 7) is 1.85. The van der Waals surface area contributed by atoms with Crippen LogP contribution in [0.25, 0.3) is 0 Å². The number of carbonyl (C=O) groups is 1. The smallest absolute Gasteiger partial charge is 0.262 e. The molecule has 0 fully saturated rings. The van der Waals surface area contributed by atoms with Gasteiger partial charge in [-0.3, -0.25) is 4.79 Å². The molecule has 78 valence electrons. The maximum atomic E-state index is 11.3. The van der Waals surface area contributed by atoms with E-state index in [1.165, 1.54) is 0 Å². The third-order valence-electron chi connectivity index (χ3n) is 2.60. The molecule has 1 aliphatic heterocycles. The Morgan fingerprint density at radius 1 is 1.33 bits per heavy atom. The quantitative estimate of drug-likeness (QED) is 0.733. The van der Waals surface area contributed by atoms with Crippen LogP contribution in [0.4, 0.5) is 0 Å². The fraction of sp³-hybridized carbons (Fsp3) is 0.273. The van der Waals surface area contributed by atoms with Gasteiger partial charge in [0.1, 0.15) is 6.04 Å². The third-order valence-corrected chi connectivity index (χ3v) is 2.60. The maximum Gasteiger partial charge on any atom is 0.262 e. The number of carbonyl (C=O) groups excluding carboxylic acids is 1. The minimum absolute atomic E-state index is 0.0721. The van der Waals surface area contributed by atoms with Crippen LogP contribution >= 0.6 is 0 Å². The Labute approximate surface area is 88.6 Å². The fourth-order valence-electron chi connectivity index (χ4n) is 1.50. The maximum absolute atomic E-state index is 11.3. The monoisotopic (exact) mass is 203 g/mol. The van der Waals surface area contributed by atoms with Gasteiger partial charge < -0.3 is 4.90 Å². The lowest BCUT2D eigenvalue weighted by atomic mass is 10.1. The van der Waals surface area contributed by atoms with Crippen molar-refractivity contribution >= 4 is 11.7 Å². The first-order valence-electron chi connectivity index (χ1n) is 4.86. The largest absolute Gasteiger partial charge is 0.346 e. The Bertz CT molecular complexity index is 400. The molecule has 2 rings (SSSR count). The highest BCUT2D eigenvalue weighted by Gasteiger charge is 2.25. The van der Waals surface area contributed by atoms with E-state index >= 15 is 0 Å². The van der Waals surface area contributed by atoms with E-state index in [1.807, 2.05) is 49.2 Å². The van der Waals surface area contributed by atoms with Crippen LogP contribution in [0.3, 0.4) is 0 Å². The van der Waals surface area contributed by atoms with E-state index in [1.54, 1.807) is 0 Å². The zero-order valence-corrected chi connectivity index (χ0v) is 8.77. The first-order chi connectivity index (χ1) is 7.20. The lowest BCUT2D eigenvalue weighted by Crippen LogP contribution is -2.50. The Kier molecular flexibility index (Phi) is 2.41. The van der Waals surface area contributed by atoms with Crippen LogP contribution in [0.2, 0.25) is 0 Å². The van der Waals surface area contributed by atoms with E-state index in [9.17, 15) is 4.79 Å². The molecule has 0 unspecified atom stereocenters. The molecule has 0 bridgehead atoms. The number of hydrogen-bond acceptors (Lipinski definition) is 3. The summed E-state index contributed by atoms with van der Waals surface area (Å²) < 4.78 is 0. The molecule has 15 heavy (non-hydrogen) atoms. The minimum Gasteiger partial charge on any atom is -0.346 e. The molecule has 1 N–H and O–H groups in total. The molecule has 0 saturated heterocycles. The lowest BCUT2D eigenvalue weighted by Gasteiger charge is -2.30. The average Bonchev–Trinajstić information content (AvgIpc) is 2.27. The Morgan fingerprint density at radius 3 is 2.67 bits per heavy atom. The van der Waals surface area contributed by atoms with Gasteiger partial charge in [0.2, 0.25) is 0 Å². The second-order valence-corrected chi connectivity index (χ2v) is 3.56. The van der Waals surface area contributed by atoms with Crippen LogP contribution in [0.5, 0.6) is 0 Å². The average molecular weight is 203 g/mol. The van der Waals surface area contributed by atoms with E-state index in [4.69, 9.17) is 0 Å². The highest BCUT2D eigenvalue weighted by molar-refractivity contribution is 6.03. The molecule has 4 nitrogen and oxygen atoms in total. The van der Waals surface area contributed by atoms with Crippen molar-refractivity contribution < 1.29 is 4.79 Å². The number of nitrogens with one attached hydrogen (secondary N) is 1. The molecule has 0 saturated carbocycles. The molecule has 0 radical (unpaired) electrons. The van der Waals surface area contributed by atoms with Crippen molar-refractivity contribution in [1.29, 1.82) is 0 Å². The van der Waals surface area contributed by atoms with Crippen molar-refractivity contribution in [2.45, 2.75) is 13.0 Å². The van der Waals surface area contributed by atoms with Gasteiger partial charge in [0.05, 0.1) is 0 Å². The number of hydrogen-bond donors (Lipinski definition) is 1. The second kappa shape index (κ2) is 3.73. The molecule has 0 aromatic heterocycles. The predicted molar refractivity (Wildman–Crippen MR) is 58.3 cm³/mol. The van der Waals surface area contributed by atoms with E-state index in [2.05, 4.69) is 10.5 Å². The number of amidine groups is 1. The fourth-order valence-corrected chi connectivity index (χ4v) is 1.50. The van der Waals surface area contributed by atoms with Crippen LogP contribution in [-0.4, -0.2) is 29.7 Å². The molecule has 1 aromatic rings. The number of rotatable bonds is 1. The second-order valence-electron chi connectivity index (χ2n) is 3.56. The molecular weight excluding hydrogens is 190 g/mol. The summed E-state index contributed by atoms with van der Waals surface area (Å²) in [7, 11) is 1.87. The number of amides is 1. The topological polar surface area (TPSA) is 44.7 Å². The third kappa shape index (κ3) is 1.70. The molecule has 1 aliphatic rings. The lowest BCUT2D eigenvalue weighted by molar-refractivity contribution is -0.125. The van der Waals surface area contributed by atoms with Crippen molar-refractivity contribution in [2.24, 2.45) is 5.10 Å². The van der Waals surface area contributed by atoms with Crippen LogP contribution in [0.1, 0.15) is 12.5 Å². The molecular formula is C11H13N3O. The summed E-state index contributed by atoms with van der Waals surface area (Å²) in [6.07, 6.45) is 0. The Balaban J connectivity index is 2.35. The molecule has 1 aromatic carbocycles. The number of likely N-dealkylation sites (N-methyl/N-ethyl adjacent to an activating group) is 1. The van der Waals surface area contributed by atoms with Crippen molar-refractivity contribution in [3.63, 3.8) is 0 Å². The van der Waals surface area contributed by atoms with Gasteiger partial charge in [-0.15, -0.1) is 0 Å². The summed E-state index contributed by atoms with van der Waals surface area (Å²) >= 11 is 0. The highest BCUT2D eigenvalue weighted by Crippen LogP contribution is 2.10. The van der Waals surface area contributed by atoms with E-state index in [0.29, 0.717) is 0 Å². The number of nitrogens with zero attached hydrogens (tertiary/aromatic N) is 2. The zero-order chi connectivity index (χ0) is 10.8. The minimum atomic E-state index is -0.183. The first kappa shape index (κ1) is 9.71. The van der Waals surface area contributed by atoms with Gasteiger partial charge in [-0.05, 0) is 6.92 Å². The van der Waals surface area contributed by atoms with E-state index in [-0.39, 0.29) is 11.9 Å². The van der Waals surface area contributed by atoms with E-state index in [0.717, 1.165) is 11.4 Å². The zero-order valence-electron chi connectivity index (χ0n) is 8.77. The summed E-state index contributed by atoms with van der Waals surface area (Å²) in [5, 5.41) is 4.06. The van der Waals surface area contributed by atoms with Crippen LogP contribution in [0, 0.1) is 0 Å². The summed E-state index contributed by atoms with van der Waals surface area (Å²) in [4.78, 5) is 13.2. The molecule has 0 spiro atoms. The predicted octanol–water partition coefficient (Wildman–Crippen LogP) is 0.798.